The molecule has 10 amide bonds. The van der Waals surface area contributed by atoms with Crippen molar-refractivity contribution >= 4 is 89.0 Å². The zero-order chi connectivity index (χ0) is 80.2. The Balaban J connectivity index is 0.000000124. The molecule has 114 heavy (non-hydrogen) atoms. The Hall–Kier alpha value is -12.0. The molecule has 19 rings (SSSR count). The third-order valence-electron chi connectivity index (χ3n) is 24.3. The molecule has 15 aliphatic heterocycles. The molecule has 7 fully saturated rings. The molecule has 44 nitrogen and oxygen atoms in total. The Bertz CT molecular complexity index is 4810. The number of nitrogens with zero attached hydrogens (tertiary/aromatic N) is 10. The first-order chi connectivity index (χ1) is 54.4. The number of carbonyl (C=O) groups excluding carboxylic acids is 9. The number of para-hydroxylation sites is 2. The Labute approximate surface area is 646 Å². The molecule has 604 valence electrons. The summed E-state index contributed by atoms with van der Waals surface area (Å²) in [6.45, 7) is 1.30. The molecular weight excluding hydrogens is 1490 g/mol. The van der Waals surface area contributed by atoms with Gasteiger partial charge >= 0.3 is 23.9 Å². The number of likely N-dealkylation sites (tertiary alicyclic amines) is 2. The predicted molar refractivity (Wildman–Crippen MR) is 387 cm³/mol. The van der Waals surface area contributed by atoms with Crippen molar-refractivity contribution < 1.29 is 108 Å². The summed E-state index contributed by atoms with van der Waals surface area (Å²) < 4.78 is 22.6. The molecule has 12 atom stereocenters. The fourth-order valence-corrected chi connectivity index (χ4v) is 18.7. The number of amides is 10. The number of aliphatic hydroxyl groups is 6. The number of guanidine groups is 6. The van der Waals surface area contributed by atoms with Crippen LogP contribution in [0.25, 0.3) is 0 Å². The van der Waals surface area contributed by atoms with Gasteiger partial charge < -0.3 is 87.6 Å². The monoisotopic (exact) mass is 1580 g/mol. The van der Waals surface area contributed by atoms with Crippen molar-refractivity contribution in [1.29, 1.82) is 0 Å². The van der Waals surface area contributed by atoms with E-state index in [2.05, 4.69) is 61.9 Å². The molecule has 0 bridgehead atoms. The average Bonchev–Trinajstić information content (AvgIpc) is 1.53. The third-order valence-corrected chi connectivity index (χ3v) is 24.3. The summed E-state index contributed by atoms with van der Waals surface area (Å²) in [5.74, 6) is -10.1. The van der Waals surface area contributed by atoms with Crippen LogP contribution in [-0.2, 0) is 48.3 Å². The van der Waals surface area contributed by atoms with Gasteiger partial charge in [-0.3, -0.25) is 99.9 Å². The number of nitrogens with one attached hydrogen (secondary N) is 9. The van der Waals surface area contributed by atoms with Crippen molar-refractivity contribution in [3.8, 4) is 17.2 Å². The highest BCUT2D eigenvalue weighted by molar-refractivity contribution is 6.04. The number of ether oxygens (including phenoxy) is 4. The Morgan fingerprint density at radius 1 is 0.482 bits per heavy atom. The van der Waals surface area contributed by atoms with Crippen molar-refractivity contribution in [3.05, 3.63) is 88.0 Å². The first-order valence-corrected chi connectivity index (χ1v) is 37.6. The van der Waals surface area contributed by atoms with Crippen LogP contribution in [-0.4, -0.2) is 314 Å². The van der Waals surface area contributed by atoms with Gasteiger partial charge in [-0.25, -0.2) is 35.7 Å². The summed E-state index contributed by atoms with van der Waals surface area (Å²) in [6, 6.07) is 6.17. The second-order valence-corrected chi connectivity index (χ2v) is 30.8. The largest absolute Gasteiger partial charge is 0.492 e. The zero-order valence-electron chi connectivity index (χ0n) is 61.2. The topological polar surface area (TPSA) is 642 Å². The minimum absolute atomic E-state index is 0.00222. The summed E-state index contributed by atoms with van der Waals surface area (Å²) >= 11 is 0. The van der Waals surface area contributed by atoms with E-state index in [1.165, 1.54) is 14.7 Å². The van der Waals surface area contributed by atoms with Crippen LogP contribution >= 0.6 is 0 Å². The molecule has 27 N–H and O–H groups in total. The van der Waals surface area contributed by atoms with Crippen LogP contribution in [0.1, 0.15) is 99.1 Å². The first kappa shape index (κ1) is 74.8. The second-order valence-electron chi connectivity index (χ2n) is 30.8. The highest BCUT2D eigenvalue weighted by Gasteiger charge is 2.80. The van der Waals surface area contributed by atoms with Crippen molar-refractivity contribution in [1.82, 2.24) is 66.2 Å². The van der Waals surface area contributed by atoms with Gasteiger partial charge in [0.15, 0.2) is 47.5 Å². The lowest BCUT2D eigenvalue weighted by atomic mass is 9.84. The Morgan fingerprint density at radius 2 is 0.886 bits per heavy atom. The van der Waals surface area contributed by atoms with E-state index in [4.69, 9.17) is 53.3 Å². The minimum atomic E-state index is -2.64. The molecule has 16 aliphatic rings. The van der Waals surface area contributed by atoms with Crippen LogP contribution in [0.5, 0.6) is 17.2 Å². The second kappa shape index (κ2) is 27.1. The quantitative estimate of drug-likeness (QED) is 0.0429. The van der Waals surface area contributed by atoms with E-state index in [0.29, 0.717) is 55.5 Å². The van der Waals surface area contributed by atoms with E-state index in [-0.39, 0.29) is 161 Å². The number of rotatable bonds is 13. The number of aliphatic imine (C=N–C) groups is 3. The Kier molecular flexibility index (Phi) is 17.8. The number of urea groups is 1. The van der Waals surface area contributed by atoms with Gasteiger partial charge in [0.2, 0.25) is 46.9 Å². The van der Waals surface area contributed by atoms with E-state index in [1.807, 2.05) is 12.1 Å². The molecule has 44 heteroatoms. The third kappa shape index (κ3) is 11.5. The molecule has 1 saturated carbocycles. The van der Waals surface area contributed by atoms with Gasteiger partial charge in [-0.1, -0.05) is 30.3 Å². The van der Waals surface area contributed by atoms with E-state index in [0.717, 1.165) is 57.1 Å². The molecule has 3 aromatic rings. The maximum Gasteiger partial charge on any atom is 0.343 e. The molecule has 6 saturated heterocycles. The van der Waals surface area contributed by atoms with Gasteiger partial charge in [0.1, 0.15) is 48.5 Å². The number of imide groups is 3. The van der Waals surface area contributed by atoms with Crippen LogP contribution < -0.4 is 95.5 Å². The summed E-state index contributed by atoms with van der Waals surface area (Å²) in [7, 11) is 0. The molecule has 15 heterocycles. The predicted octanol–water partition coefficient (Wildman–Crippen LogP) is -15.1. The van der Waals surface area contributed by atoms with Gasteiger partial charge in [-0.05, 0) is 66.6 Å². The van der Waals surface area contributed by atoms with E-state index < -0.39 is 112 Å². The van der Waals surface area contributed by atoms with Crippen molar-refractivity contribution in [2.75, 3.05) is 65.6 Å². The van der Waals surface area contributed by atoms with Crippen LogP contribution in [0.2, 0.25) is 0 Å². The number of hydrogen-bond donors (Lipinski definition) is 21. The molecule has 3 aromatic carbocycles. The lowest BCUT2D eigenvalue weighted by molar-refractivity contribution is -0.522. The lowest BCUT2D eigenvalue weighted by Crippen LogP contribution is -2.90. The lowest BCUT2D eigenvalue weighted by Gasteiger charge is -2.46. The van der Waals surface area contributed by atoms with E-state index in [1.54, 1.807) is 47.4 Å². The van der Waals surface area contributed by atoms with E-state index in [9.17, 15) is 73.8 Å². The zero-order valence-corrected chi connectivity index (χ0v) is 61.2. The molecular formula is C70H88N25O19+3. The molecule has 3 spiro atoms. The number of hydrogen-bond acceptors (Lipinski definition) is 34. The fourth-order valence-electron chi connectivity index (χ4n) is 18.7. The van der Waals surface area contributed by atoms with Crippen molar-refractivity contribution in [3.63, 3.8) is 0 Å². The standard InChI is InChI=1S/C25H31N9O6.C23H28N8O7.C22H26N8O6/c26-21-30-19-15(9-33-17(35)11-32(23(33)37)13-6-7-13)28-22(27)34-10-16(25(38,39)24(19,34)31-21)29-20(36)14-5-1-3-12-4-2-8-40-18(12)14;24-20-28-18-12(9-30-15(32)5-6-16(30)33)26-21(25)31-10-14(23(35,36)22(18,31)29-20)27-19(34)11-3-1-4-13-17(11)38-8-2-7-37-13;23-19-27-17-13(6-29-15(31)4-5-16(29)32)25-20(24)30-7-14(22(34,35)21(17,30)28-19)26-18(33)11-3-1-2-10-8-36-9-12(10)11/h1,3,5,13,15-16,19,38-39H,2,4,6-11H2,(H2,27,28)(H,29,36)(H3,26,30,31);1,3-4,12,14,18,35-36H,2,5-10H2,(H2,25,26)(H,27,34)(H3,24,28,29);1-3,13-14,17,34-35H,4-9H2,(H2,24,25)(H,26,33)(H3,23,27,28)/p+3/t15-,16?,19-,24-;12-,14?,18-,22-;13-,14?,17-,21-/m000/s1. The van der Waals surface area contributed by atoms with Crippen LogP contribution in [0.4, 0.5) is 4.79 Å². The summed E-state index contributed by atoms with van der Waals surface area (Å²) in [5.41, 5.74) is 35.3. The number of benzene rings is 3. The highest BCUT2D eigenvalue weighted by atomic mass is 16.5. The average molecular weight is 1580 g/mol. The van der Waals surface area contributed by atoms with Crippen LogP contribution in [0.15, 0.2) is 69.6 Å². The van der Waals surface area contributed by atoms with Crippen LogP contribution in [0.3, 0.4) is 0 Å². The van der Waals surface area contributed by atoms with Gasteiger partial charge in [0, 0.05) is 43.7 Å². The minimum Gasteiger partial charge on any atom is -0.492 e. The van der Waals surface area contributed by atoms with Gasteiger partial charge in [0.05, 0.1) is 83.4 Å². The molecule has 3 unspecified atom stereocenters. The molecule has 0 radical (unpaired) electrons. The smallest absolute Gasteiger partial charge is 0.343 e. The fraction of sp³-hybridized carbons (Fsp3) is 0.529. The number of carbonyl (C=O) groups is 9. The van der Waals surface area contributed by atoms with Crippen molar-refractivity contribution in [2.24, 2.45) is 49.4 Å². The summed E-state index contributed by atoms with van der Waals surface area (Å²) in [6.07, 6.45) is 4.42. The number of aryl methyl sites for hydroxylation is 1. The first-order valence-electron chi connectivity index (χ1n) is 37.6. The van der Waals surface area contributed by atoms with Crippen molar-refractivity contribution in [2.45, 2.75) is 166 Å². The maximum atomic E-state index is 13.4. The SMILES string of the molecule is NC1=N[C@@H](CN2C(=O)CCC2=O)[C@@H]2[NH+]=C(N)N[C@]23N1CC(NC(=O)c1cccc2c1COC2)C3(O)O.NC1=N[C@@H](CN2C(=O)CCC2=O)[C@@H]2[NH+]=C(N)N[C@]23N1CC(NC(=O)c1cccc2c1OCCCO2)C3(O)O.NC1=N[C@@H](CN2C(=O)CN(C3CC3)C2=O)[C@@H]2[NH+]=C(N)N[C@]23N1CC(NC(=O)c1cccc2c1OCCC2)C3(O)O. The van der Waals surface area contributed by atoms with Crippen LogP contribution in [0, 0.1) is 0 Å². The number of fused-ring (bicyclic) bond motifs is 3. The van der Waals surface area contributed by atoms with E-state index >= 15 is 0 Å². The normalized spacial score (nSPS) is 31.7. The van der Waals surface area contributed by atoms with Gasteiger partial charge in [0.25, 0.3) is 34.7 Å². The molecule has 0 aromatic heterocycles. The number of nitrogens with two attached hydrogens (primary N) is 6. The van der Waals surface area contributed by atoms with Gasteiger partial charge in [-0.15, -0.1) is 0 Å². The summed E-state index contributed by atoms with van der Waals surface area (Å²) in [4.78, 5) is 146. The maximum absolute atomic E-state index is 13.4. The molecule has 1 aliphatic carbocycles. The van der Waals surface area contributed by atoms with Gasteiger partial charge in [-0.2, -0.15) is 0 Å². The Morgan fingerprint density at radius 3 is 1.36 bits per heavy atom. The highest BCUT2D eigenvalue weighted by Crippen LogP contribution is 2.46. The summed E-state index contributed by atoms with van der Waals surface area (Å²) in [5, 5.41) is 86.7.